The molecule has 2 aliphatic heterocycles. The maximum absolute atomic E-state index is 13.1. The summed E-state index contributed by atoms with van der Waals surface area (Å²) in [6.07, 6.45) is 5.73. The predicted octanol–water partition coefficient (Wildman–Crippen LogP) is 3.77. The highest BCUT2D eigenvalue weighted by atomic mass is 32.1. The SMILES string of the molecule is CCOC(=O)C1(CC)CCN(c2ncc(-c3cc(C#CCO)c4sc(N5CN(C)CN(CC)C5=O)nc4c3)cn2)CC1. The van der Waals surface area contributed by atoms with Crippen molar-refractivity contribution in [2.45, 2.75) is 40.0 Å². The monoisotopic (exact) mass is 591 g/mol. The van der Waals surface area contributed by atoms with Crippen molar-refractivity contribution in [3.8, 4) is 23.0 Å². The van der Waals surface area contributed by atoms with Crippen molar-refractivity contribution in [1.82, 2.24) is 24.8 Å². The van der Waals surface area contributed by atoms with E-state index in [9.17, 15) is 14.7 Å². The van der Waals surface area contributed by atoms with E-state index in [1.165, 1.54) is 11.3 Å². The summed E-state index contributed by atoms with van der Waals surface area (Å²) in [7, 11) is 1.97. The third-order valence-corrected chi connectivity index (χ3v) is 9.18. The molecule has 0 saturated carbocycles. The summed E-state index contributed by atoms with van der Waals surface area (Å²) in [5.74, 6) is 6.32. The highest BCUT2D eigenvalue weighted by molar-refractivity contribution is 7.22. The molecule has 3 aromatic rings. The first kappa shape index (κ1) is 29.7. The van der Waals surface area contributed by atoms with E-state index in [0.717, 1.165) is 27.8 Å². The molecule has 5 rings (SSSR count). The first-order valence-electron chi connectivity index (χ1n) is 14.4. The molecule has 12 heteroatoms. The number of thiazole rings is 1. The van der Waals surface area contributed by atoms with Crippen LogP contribution in [-0.2, 0) is 9.53 Å². The standard InChI is InChI=1S/C30H37N7O4S/c1-5-30(26(39)41-7-3)10-12-36(13-11-30)27-31-17-23(18-32-27)22-15-21(9-8-14-38)25-24(16-22)33-28(42-25)37-20-34(4)19-35(6-2)29(37)40/h15-18,38H,5-7,10-14,19-20H2,1-4H3. The molecule has 2 amide bonds. The first-order valence-corrected chi connectivity index (χ1v) is 15.2. The van der Waals surface area contributed by atoms with Crippen LogP contribution in [0.5, 0.6) is 0 Å². The summed E-state index contributed by atoms with van der Waals surface area (Å²) >= 11 is 1.42. The van der Waals surface area contributed by atoms with Crippen molar-refractivity contribution >= 4 is 44.6 Å². The number of benzene rings is 1. The van der Waals surface area contributed by atoms with Gasteiger partial charge in [-0.25, -0.2) is 19.7 Å². The van der Waals surface area contributed by atoms with Crippen molar-refractivity contribution in [3.05, 3.63) is 30.1 Å². The Hall–Kier alpha value is -3.79. The number of rotatable bonds is 7. The highest BCUT2D eigenvalue weighted by Gasteiger charge is 2.41. The summed E-state index contributed by atoms with van der Waals surface area (Å²) in [4.78, 5) is 47.5. The number of nitrogens with zero attached hydrogens (tertiary/aromatic N) is 7. The number of fused-ring (bicyclic) bond motifs is 1. The van der Waals surface area contributed by atoms with Crippen LogP contribution in [-0.4, -0.2) is 95.1 Å². The van der Waals surface area contributed by atoms with E-state index in [4.69, 9.17) is 9.72 Å². The van der Waals surface area contributed by atoms with E-state index in [-0.39, 0.29) is 18.6 Å². The van der Waals surface area contributed by atoms with Crippen LogP contribution in [0, 0.1) is 17.3 Å². The summed E-state index contributed by atoms with van der Waals surface area (Å²) in [6.45, 7) is 8.97. The molecule has 1 aromatic carbocycles. The zero-order valence-corrected chi connectivity index (χ0v) is 25.4. The highest BCUT2D eigenvalue weighted by Crippen LogP contribution is 2.38. The third kappa shape index (κ3) is 5.77. The third-order valence-electron chi connectivity index (χ3n) is 8.05. The molecule has 0 bridgehead atoms. The van der Waals surface area contributed by atoms with Crippen LogP contribution in [0.15, 0.2) is 24.5 Å². The van der Waals surface area contributed by atoms with Gasteiger partial charge in [0.15, 0.2) is 5.13 Å². The Kier molecular flexibility index (Phi) is 8.91. The number of anilines is 2. The van der Waals surface area contributed by atoms with Gasteiger partial charge in [0.05, 0.1) is 35.6 Å². The van der Waals surface area contributed by atoms with Crippen molar-refractivity contribution in [2.75, 3.05) is 63.0 Å². The van der Waals surface area contributed by atoms with E-state index in [1.54, 1.807) is 22.2 Å². The Morgan fingerprint density at radius 2 is 1.86 bits per heavy atom. The van der Waals surface area contributed by atoms with Gasteiger partial charge in [0.1, 0.15) is 6.61 Å². The van der Waals surface area contributed by atoms with Gasteiger partial charge in [0, 0.05) is 43.2 Å². The van der Waals surface area contributed by atoms with Gasteiger partial charge >= 0.3 is 12.0 Å². The number of aromatic nitrogens is 3. The number of aliphatic hydroxyl groups excluding tert-OH is 1. The van der Waals surface area contributed by atoms with Gasteiger partial charge < -0.3 is 19.6 Å². The lowest BCUT2D eigenvalue weighted by molar-refractivity contribution is -0.157. The molecule has 222 valence electrons. The second kappa shape index (κ2) is 12.6. The van der Waals surface area contributed by atoms with Crippen LogP contribution in [0.3, 0.4) is 0 Å². The number of aliphatic hydroxyl groups is 1. The summed E-state index contributed by atoms with van der Waals surface area (Å²) in [5, 5.41) is 9.98. The number of piperidine rings is 1. The maximum Gasteiger partial charge on any atom is 0.328 e. The van der Waals surface area contributed by atoms with E-state index < -0.39 is 5.41 Å². The molecule has 42 heavy (non-hydrogen) atoms. The molecule has 4 heterocycles. The lowest BCUT2D eigenvalue weighted by Gasteiger charge is -2.39. The largest absolute Gasteiger partial charge is 0.466 e. The second-order valence-corrected chi connectivity index (χ2v) is 11.6. The molecular weight excluding hydrogens is 554 g/mol. The topological polar surface area (TPSA) is 115 Å². The fourth-order valence-corrected chi connectivity index (χ4v) is 6.53. The fraction of sp³-hybridized carbons (Fsp3) is 0.500. The maximum atomic E-state index is 13.1. The van der Waals surface area contributed by atoms with E-state index >= 15 is 0 Å². The van der Waals surface area contributed by atoms with E-state index in [1.807, 2.05) is 40.0 Å². The smallest absolute Gasteiger partial charge is 0.328 e. The van der Waals surface area contributed by atoms with Crippen LogP contribution in [0.1, 0.15) is 45.6 Å². The van der Waals surface area contributed by atoms with E-state index in [2.05, 4.69) is 31.6 Å². The average molecular weight is 592 g/mol. The molecule has 2 fully saturated rings. The fourth-order valence-electron chi connectivity index (χ4n) is 5.53. The number of esters is 1. The molecule has 0 aliphatic carbocycles. The number of carbonyl (C=O) groups excluding carboxylic acids is 2. The van der Waals surface area contributed by atoms with Crippen molar-refractivity contribution in [1.29, 1.82) is 0 Å². The van der Waals surface area contributed by atoms with Gasteiger partial charge in [0.2, 0.25) is 5.95 Å². The number of hydrogen-bond acceptors (Lipinski definition) is 10. The van der Waals surface area contributed by atoms with E-state index in [0.29, 0.717) is 69.0 Å². The van der Waals surface area contributed by atoms with Crippen LogP contribution in [0.2, 0.25) is 0 Å². The molecule has 2 saturated heterocycles. The summed E-state index contributed by atoms with van der Waals surface area (Å²) < 4.78 is 6.21. The quantitative estimate of drug-likeness (QED) is 0.324. The van der Waals surface area contributed by atoms with Gasteiger partial charge in [-0.3, -0.25) is 14.6 Å². The van der Waals surface area contributed by atoms with Crippen molar-refractivity contribution in [2.24, 2.45) is 5.41 Å². The zero-order chi connectivity index (χ0) is 29.9. The minimum absolute atomic E-state index is 0.0713. The van der Waals surface area contributed by atoms with Crippen LogP contribution < -0.4 is 9.80 Å². The number of urea groups is 1. The minimum Gasteiger partial charge on any atom is -0.466 e. The van der Waals surface area contributed by atoms with Gasteiger partial charge in [-0.1, -0.05) is 30.1 Å². The Morgan fingerprint density at radius 3 is 2.50 bits per heavy atom. The summed E-state index contributed by atoms with van der Waals surface area (Å²) in [6, 6.07) is 3.84. The predicted molar refractivity (Wildman–Crippen MR) is 163 cm³/mol. The molecule has 1 N–H and O–H groups in total. The Balaban J connectivity index is 1.41. The van der Waals surface area contributed by atoms with Gasteiger partial charge in [-0.2, -0.15) is 0 Å². The first-order chi connectivity index (χ1) is 20.3. The lowest BCUT2D eigenvalue weighted by Crippen LogP contribution is -2.56. The molecule has 0 radical (unpaired) electrons. The molecule has 11 nitrogen and oxygen atoms in total. The number of hydrogen-bond donors (Lipinski definition) is 1. The minimum atomic E-state index is -0.441. The van der Waals surface area contributed by atoms with Gasteiger partial charge in [-0.15, -0.1) is 0 Å². The Morgan fingerprint density at radius 1 is 1.12 bits per heavy atom. The average Bonchev–Trinajstić information content (AvgIpc) is 3.45. The Labute approximate surface area is 250 Å². The molecule has 0 unspecified atom stereocenters. The second-order valence-electron chi connectivity index (χ2n) is 10.6. The van der Waals surface area contributed by atoms with Crippen molar-refractivity contribution < 1.29 is 19.4 Å². The van der Waals surface area contributed by atoms with Gasteiger partial charge in [-0.05, 0) is 57.9 Å². The lowest BCUT2D eigenvalue weighted by atomic mass is 9.76. The molecule has 0 spiro atoms. The van der Waals surface area contributed by atoms with Crippen LogP contribution in [0.4, 0.5) is 15.9 Å². The summed E-state index contributed by atoms with van der Waals surface area (Å²) in [5.41, 5.74) is 2.65. The van der Waals surface area contributed by atoms with Crippen LogP contribution in [0.25, 0.3) is 21.3 Å². The van der Waals surface area contributed by atoms with Crippen LogP contribution >= 0.6 is 11.3 Å². The van der Waals surface area contributed by atoms with Crippen molar-refractivity contribution in [3.63, 3.8) is 0 Å². The zero-order valence-electron chi connectivity index (χ0n) is 24.6. The number of amides is 2. The Bertz CT molecular complexity index is 1510. The number of ether oxygens (including phenoxy) is 1. The van der Waals surface area contributed by atoms with Gasteiger partial charge in [0.25, 0.3) is 0 Å². The molecule has 2 aromatic heterocycles. The number of carbonyl (C=O) groups is 2. The normalized spacial score (nSPS) is 17.4. The molecular formula is C30H37N7O4S. The molecule has 0 atom stereocenters. The molecule has 2 aliphatic rings.